The number of esters is 1. The molecule has 4 unspecified atom stereocenters. The highest BCUT2D eigenvalue weighted by molar-refractivity contribution is 6.01. The molecule has 8 heteroatoms. The molecule has 0 radical (unpaired) electrons. The fourth-order valence-corrected chi connectivity index (χ4v) is 9.04. The van der Waals surface area contributed by atoms with Gasteiger partial charge in [-0.3, -0.25) is 14.4 Å². The first-order valence-electron chi connectivity index (χ1n) is 13.3. The van der Waals surface area contributed by atoms with Gasteiger partial charge in [-0.1, -0.05) is 18.6 Å². The van der Waals surface area contributed by atoms with Gasteiger partial charge < -0.3 is 19.3 Å². The minimum atomic E-state index is -2.00. The number of hydrogen-bond donors (Lipinski definition) is 1. The first-order valence-corrected chi connectivity index (χ1v) is 13.3. The standard InChI is InChI=1S/C28H35FO7/c1-16(30)34-15-22(33)28-23(35-26(36-28)9-4-5-10-26)13-20-19-7-6-17-12-18(31)8-11-24(17,2)27(19,29)21(32)14-25(20,28)3/h8,11-12,19-21,23,32H,4-7,9-10,13-15H2,1-3H3/t19?,20?,21?,23?,24-,25-,27-,28-/m1/s1. The second kappa shape index (κ2) is 7.58. The van der Waals surface area contributed by atoms with Gasteiger partial charge in [0, 0.05) is 36.5 Å². The van der Waals surface area contributed by atoms with Crippen molar-refractivity contribution in [2.75, 3.05) is 6.61 Å². The van der Waals surface area contributed by atoms with Crippen LogP contribution in [0.25, 0.3) is 0 Å². The van der Waals surface area contributed by atoms with Gasteiger partial charge in [0.05, 0.1) is 12.2 Å². The summed E-state index contributed by atoms with van der Waals surface area (Å²) in [6.45, 7) is 4.52. The fourth-order valence-electron chi connectivity index (χ4n) is 9.04. The van der Waals surface area contributed by atoms with Crippen LogP contribution in [0.3, 0.4) is 0 Å². The number of aliphatic hydroxyl groups excluding tert-OH is 1. The smallest absolute Gasteiger partial charge is 0.303 e. The molecule has 4 saturated carbocycles. The van der Waals surface area contributed by atoms with Crippen LogP contribution in [0.1, 0.15) is 72.1 Å². The number of fused-ring (bicyclic) bond motifs is 7. The molecule has 6 aliphatic rings. The summed E-state index contributed by atoms with van der Waals surface area (Å²) in [4.78, 5) is 37.5. The van der Waals surface area contributed by atoms with Crippen LogP contribution in [-0.4, -0.2) is 58.5 Å². The van der Waals surface area contributed by atoms with Crippen molar-refractivity contribution < 1.29 is 38.1 Å². The van der Waals surface area contributed by atoms with E-state index in [0.29, 0.717) is 37.7 Å². The molecule has 196 valence electrons. The molecule has 7 nitrogen and oxygen atoms in total. The van der Waals surface area contributed by atoms with E-state index in [9.17, 15) is 19.5 Å². The van der Waals surface area contributed by atoms with Crippen molar-refractivity contribution in [3.63, 3.8) is 0 Å². The molecule has 36 heavy (non-hydrogen) atoms. The van der Waals surface area contributed by atoms with Crippen molar-refractivity contribution in [1.82, 2.24) is 0 Å². The van der Waals surface area contributed by atoms with Gasteiger partial charge in [-0.25, -0.2) is 4.39 Å². The predicted molar refractivity (Wildman–Crippen MR) is 125 cm³/mol. The number of ether oxygens (including phenoxy) is 3. The van der Waals surface area contributed by atoms with E-state index >= 15 is 4.39 Å². The highest BCUT2D eigenvalue weighted by atomic mass is 19.1. The molecule has 1 heterocycles. The molecule has 1 N–H and O–H groups in total. The van der Waals surface area contributed by atoms with Crippen molar-refractivity contribution in [3.05, 3.63) is 23.8 Å². The lowest BCUT2D eigenvalue weighted by Crippen LogP contribution is -2.70. The summed E-state index contributed by atoms with van der Waals surface area (Å²) in [5.41, 5.74) is -4.72. The van der Waals surface area contributed by atoms with Crippen molar-refractivity contribution in [2.24, 2.45) is 22.7 Å². The highest BCUT2D eigenvalue weighted by Crippen LogP contribution is 2.73. The Balaban J connectivity index is 1.44. The highest BCUT2D eigenvalue weighted by Gasteiger charge is 2.80. The fraction of sp³-hybridized carbons (Fsp3) is 0.750. The van der Waals surface area contributed by atoms with E-state index in [1.165, 1.54) is 19.1 Å². The third kappa shape index (κ3) is 2.81. The molecule has 1 saturated heterocycles. The summed E-state index contributed by atoms with van der Waals surface area (Å²) in [7, 11) is 0. The molecule has 5 aliphatic carbocycles. The van der Waals surface area contributed by atoms with Gasteiger partial charge in [0.25, 0.3) is 0 Å². The van der Waals surface area contributed by atoms with E-state index < -0.39 is 58.6 Å². The van der Waals surface area contributed by atoms with Crippen LogP contribution < -0.4 is 0 Å². The Morgan fingerprint density at radius 2 is 1.94 bits per heavy atom. The van der Waals surface area contributed by atoms with Crippen molar-refractivity contribution in [3.8, 4) is 0 Å². The third-order valence-electron chi connectivity index (χ3n) is 10.7. The van der Waals surface area contributed by atoms with Crippen molar-refractivity contribution in [2.45, 2.75) is 101 Å². The van der Waals surface area contributed by atoms with E-state index in [0.717, 1.165) is 12.8 Å². The molecular formula is C28H35FO7. The zero-order valence-electron chi connectivity index (χ0n) is 21.2. The number of carbonyl (C=O) groups is 3. The number of ketones is 2. The largest absolute Gasteiger partial charge is 0.458 e. The van der Waals surface area contributed by atoms with Gasteiger partial charge in [0.2, 0.25) is 5.78 Å². The molecule has 1 aliphatic heterocycles. The van der Waals surface area contributed by atoms with Gasteiger partial charge >= 0.3 is 5.97 Å². The van der Waals surface area contributed by atoms with Gasteiger partial charge in [-0.15, -0.1) is 0 Å². The number of allylic oxidation sites excluding steroid dienone is 4. The van der Waals surface area contributed by atoms with E-state index in [-0.39, 0.29) is 23.9 Å². The van der Waals surface area contributed by atoms with Gasteiger partial charge in [-0.05, 0) is 63.5 Å². The molecule has 5 fully saturated rings. The third-order valence-corrected chi connectivity index (χ3v) is 10.7. The number of Topliss-reactive ketones (excluding diaryl/α,β-unsaturated/α-hetero) is 1. The summed E-state index contributed by atoms with van der Waals surface area (Å²) in [5.74, 6) is -2.80. The van der Waals surface area contributed by atoms with E-state index in [1.807, 2.05) is 6.92 Å². The van der Waals surface area contributed by atoms with E-state index in [1.54, 1.807) is 13.0 Å². The van der Waals surface area contributed by atoms with Crippen LogP contribution in [0.5, 0.6) is 0 Å². The molecule has 0 bridgehead atoms. The van der Waals surface area contributed by atoms with Gasteiger partial charge in [-0.2, -0.15) is 0 Å². The van der Waals surface area contributed by atoms with Crippen LogP contribution in [0.4, 0.5) is 4.39 Å². The lowest BCUT2D eigenvalue weighted by atomic mass is 9.44. The number of carbonyl (C=O) groups excluding carboxylic acids is 3. The maximum atomic E-state index is 17.4. The Bertz CT molecular complexity index is 1090. The zero-order chi connectivity index (χ0) is 25.7. The van der Waals surface area contributed by atoms with Crippen molar-refractivity contribution in [1.29, 1.82) is 0 Å². The van der Waals surface area contributed by atoms with Crippen LogP contribution in [-0.2, 0) is 28.6 Å². The number of alkyl halides is 1. The lowest BCUT2D eigenvalue weighted by Gasteiger charge is -2.62. The monoisotopic (exact) mass is 502 g/mol. The van der Waals surface area contributed by atoms with Crippen LogP contribution >= 0.6 is 0 Å². The average molecular weight is 503 g/mol. The summed E-state index contributed by atoms with van der Waals surface area (Å²) >= 11 is 0. The SMILES string of the molecule is CC(=O)OCC(=O)[C@@]12OC3(CCCC3)OC1CC1C3CCC4=CC(=O)C=C[C@@]4(C)[C@]3(F)C(O)C[C@]12C. The quantitative estimate of drug-likeness (QED) is 0.590. The second-order valence-electron chi connectivity index (χ2n) is 12.3. The van der Waals surface area contributed by atoms with Crippen LogP contribution in [0, 0.1) is 22.7 Å². The predicted octanol–water partition coefficient (Wildman–Crippen LogP) is 3.52. The Morgan fingerprint density at radius 1 is 1.22 bits per heavy atom. The molecule has 8 atom stereocenters. The molecule has 6 rings (SSSR count). The number of halogens is 1. The minimum absolute atomic E-state index is 0.0110. The normalized spacial score (nSPS) is 48.1. The number of aliphatic hydroxyl groups is 1. The van der Waals surface area contributed by atoms with Crippen LogP contribution in [0.15, 0.2) is 23.8 Å². The van der Waals surface area contributed by atoms with Crippen molar-refractivity contribution >= 4 is 17.5 Å². The van der Waals surface area contributed by atoms with E-state index in [4.69, 9.17) is 14.2 Å². The molecule has 0 aromatic heterocycles. The Hall–Kier alpha value is -1.90. The first-order chi connectivity index (χ1) is 16.9. The summed E-state index contributed by atoms with van der Waals surface area (Å²) in [6, 6.07) is 0. The van der Waals surface area contributed by atoms with Gasteiger partial charge in [0.1, 0.15) is 0 Å². The average Bonchev–Trinajstić information content (AvgIpc) is 3.47. The molecule has 0 aromatic rings. The number of hydrogen-bond acceptors (Lipinski definition) is 7. The van der Waals surface area contributed by atoms with E-state index in [2.05, 4.69) is 0 Å². The first kappa shape index (κ1) is 24.4. The summed E-state index contributed by atoms with van der Waals surface area (Å²) in [6.07, 6.45) is 7.23. The lowest BCUT2D eigenvalue weighted by molar-refractivity contribution is -0.253. The molecule has 0 amide bonds. The zero-order valence-corrected chi connectivity index (χ0v) is 21.2. The Labute approximate surface area is 210 Å². The van der Waals surface area contributed by atoms with Crippen LogP contribution in [0.2, 0.25) is 0 Å². The minimum Gasteiger partial charge on any atom is -0.458 e. The Kier molecular flexibility index (Phi) is 5.14. The van der Waals surface area contributed by atoms with Gasteiger partial charge in [0.15, 0.2) is 29.4 Å². The molecule has 1 spiro atoms. The Morgan fingerprint density at radius 3 is 2.64 bits per heavy atom. The second-order valence-corrected chi connectivity index (χ2v) is 12.3. The summed E-state index contributed by atoms with van der Waals surface area (Å²) in [5, 5.41) is 11.6. The topological polar surface area (TPSA) is 99.1 Å². The summed E-state index contributed by atoms with van der Waals surface area (Å²) < 4.78 is 35.8. The maximum absolute atomic E-state index is 17.4. The number of rotatable bonds is 3. The maximum Gasteiger partial charge on any atom is 0.303 e. The molecular weight excluding hydrogens is 467 g/mol. The molecule has 0 aromatic carbocycles.